The van der Waals surface area contributed by atoms with Crippen molar-refractivity contribution in [2.24, 2.45) is 0 Å². The second-order valence-corrected chi connectivity index (χ2v) is 6.16. The zero-order chi connectivity index (χ0) is 20.5. The average molecular weight is 394 g/mol. The number of rotatable bonds is 5. The highest BCUT2D eigenvalue weighted by molar-refractivity contribution is 5.89. The van der Waals surface area contributed by atoms with Gasteiger partial charge in [0.15, 0.2) is 11.2 Å². The highest BCUT2D eigenvalue weighted by atomic mass is 19.1. The van der Waals surface area contributed by atoms with Crippen molar-refractivity contribution in [3.05, 3.63) is 64.5 Å². The minimum atomic E-state index is -1.33. The standard InChI is InChI=1S/C20H15FN4O4/c1-2-29-15-8-11(10-3-5-12(20(27)28)14(21)7-10)4-6-13(15)17-24-18-16(19(26)25-17)22-9-23-18/h3-9H,2H2,1H3,(H,27,28)(H2,22,23,24,25,26). The number of H-pyrrole nitrogens is 2. The van der Waals surface area contributed by atoms with Gasteiger partial charge in [0.05, 0.1) is 24.1 Å². The Labute approximate surface area is 163 Å². The molecule has 29 heavy (non-hydrogen) atoms. The molecule has 0 aliphatic heterocycles. The predicted octanol–water partition coefficient (Wildman–Crippen LogP) is 3.22. The van der Waals surface area contributed by atoms with Gasteiger partial charge in [0.25, 0.3) is 5.56 Å². The molecular weight excluding hydrogens is 379 g/mol. The third-order valence-corrected chi connectivity index (χ3v) is 4.36. The van der Waals surface area contributed by atoms with Gasteiger partial charge in [-0.15, -0.1) is 0 Å². The zero-order valence-corrected chi connectivity index (χ0v) is 15.2. The summed E-state index contributed by atoms with van der Waals surface area (Å²) in [6, 6.07) is 8.99. The summed E-state index contributed by atoms with van der Waals surface area (Å²) in [6.45, 7) is 2.17. The fourth-order valence-corrected chi connectivity index (χ4v) is 3.01. The van der Waals surface area contributed by atoms with Crippen LogP contribution in [0.5, 0.6) is 5.75 Å². The lowest BCUT2D eigenvalue weighted by molar-refractivity contribution is 0.0692. The Kier molecular flexibility index (Phi) is 4.55. The number of aromatic carboxylic acids is 1. The highest BCUT2D eigenvalue weighted by Crippen LogP contribution is 2.33. The first kappa shape index (κ1) is 18.4. The topological polar surface area (TPSA) is 121 Å². The smallest absolute Gasteiger partial charge is 0.338 e. The molecule has 2 heterocycles. The number of halogens is 1. The van der Waals surface area contributed by atoms with Crippen LogP contribution < -0.4 is 10.3 Å². The first-order chi connectivity index (χ1) is 14.0. The Morgan fingerprint density at radius 2 is 1.97 bits per heavy atom. The van der Waals surface area contributed by atoms with E-state index in [0.29, 0.717) is 40.5 Å². The molecule has 2 aromatic heterocycles. The zero-order valence-electron chi connectivity index (χ0n) is 15.2. The summed E-state index contributed by atoms with van der Waals surface area (Å²) in [7, 11) is 0. The molecule has 0 saturated heterocycles. The van der Waals surface area contributed by atoms with Crippen LogP contribution in [0, 0.1) is 5.82 Å². The summed E-state index contributed by atoms with van der Waals surface area (Å²) in [6.07, 6.45) is 1.39. The quantitative estimate of drug-likeness (QED) is 0.478. The molecule has 8 nitrogen and oxygen atoms in total. The summed E-state index contributed by atoms with van der Waals surface area (Å²) >= 11 is 0. The predicted molar refractivity (Wildman–Crippen MR) is 103 cm³/mol. The number of carboxylic acid groups (broad SMARTS) is 1. The van der Waals surface area contributed by atoms with Crippen molar-refractivity contribution in [1.29, 1.82) is 0 Å². The van der Waals surface area contributed by atoms with Crippen molar-refractivity contribution in [3.63, 3.8) is 0 Å². The van der Waals surface area contributed by atoms with Crippen LogP contribution >= 0.6 is 0 Å². The second kappa shape index (κ2) is 7.19. The number of ether oxygens (including phenoxy) is 1. The van der Waals surface area contributed by atoms with Gasteiger partial charge in [-0.1, -0.05) is 12.1 Å². The van der Waals surface area contributed by atoms with E-state index in [9.17, 15) is 14.0 Å². The first-order valence-electron chi connectivity index (χ1n) is 8.71. The lowest BCUT2D eigenvalue weighted by Crippen LogP contribution is -2.10. The third kappa shape index (κ3) is 3.33. The Balaban J connectivity index is 1.82. The first-order valence-corrected chi connectivity index (χ1v) is 8.71. The molecule has 0 amide bonds. The van der Waals surface area contributed by atoms with E-state index in [1.165, 1.54) is 18.5 Å². The van der Waals surface area contributed by atoms with Gasteiger partial charge in [-0.05, 0) is 42.3 Å². The van der Waals surface area contributed by atoms with Crippen LogP contribution in [-0.2, 0) is 0 Å². The molecule has 146 valence electrons. The lowest BCUT2D eigenvalue weighted by Gasteiger charge is -2.12. The minimum absolute atomic E-state index is 0.206. The van der Waals surface area contributed by atoms with E-state index >= 15 is 0 Å². The van der Waals surface area contributed by atoms with Crippen molar-refractivity contribution in [2.45, 2.75) is 6.92 Å². The third-order valence-electron chi connectivity index (χ3n) is 4.36. The van der Waals surface area contributed by atoms with Crippen LogP contribution in [-0.4, -0.2) is 37.6 Å². The number of aromatic nitrogens is 4. The number of nitrogens with zero attached hydrogens (tertiary/aromatic N) is 2. The van der Waals surface area contributed by atoms with Crippen LogP contribution in [0.25, 0.3) is 33.7 Å². The molecule has 9 heteroatoms. The van der Waals surface area contributed by atoms with Crippen LogP contribution in [0.1, 0.15) is 17.3 Å². The van der Waals surface area contributed by atoms with Gasteiger partial charge >= 0.3 is 5.97 Å². The van der Waals surface area contributed by atoms with E-state index in [2.05, 4.69) is 19.9 Å². The van der Waals surface area contributed by atoms with Gasteiger partial charge < -0.3 is 19.8 Å². The SMILES string of the molecule is CCOc1cc(-c2ccc(C(=O)O)c(F)c2)ccc1-c1nc2[nH]cnc2c(=O)[nH]1. The molecular formula is C20H15FN4O4. The van der Waals surface area contributed by atoms with Crippen LogP contribution in [0.15, 0.2) is 47.5 Å². The summed E-state index contributed by atoms with van der Waals surface area (Å²) in [5.41, 5.74) is 1.43. The van der Waals surface area contributed by atoms with Crippen molar-refractivity contribution < 1.29 is 19.0 Å². The Bertz CT molecular complexity index is 1300. The monoisotopic (exact) mass is 394 g/mol. The molecule has 0 saturated carbocycles. The van der Waals surface area contributed by atoms with Gasteiger partial charge in [0.1, 0.15) is 17.4 Å². The number of benzene rings is 2. The Morgan fingerprint density at radius 3 is 2.69 bits per heavy atom. The minimum Gasteiger partial charge on any atom is -0.493 e. The van der Waals surface area contributed by atoms with Crippen molar-refractivity contribution >= 4 is 17.1 Å². The normalized spacial score (nSPS) is 11.0. The maximum absolute atomic E-state index is 14.1. The highest BCUT2D eigenvalue weighted by Gasteiger charge is 2.15. The van der Waals surface area contributed by atoms with Gasteiger partial charge in [-0.3, -0.25) is 4.79 Å². The van der Waals surface area contributed by atoms with Gasteiger partial charge in [-0.2, -0.15) is 0 Å². The van der Waals surface area contributed by atoms with Gasteiger partial charge in [0, 0.05) is 0 Å². The summed E-state index contributed by atoms with van der Waals surface area (Å²) in [5, 5.41) is 8.98. The number of imidazole rings is 1. The van der Waals surface area contributed by atoms with Crippen LogP contribution in [0.4, 0.5) is 4.39 Å². The van der Waals surface area contributed by atoms with Crippen molar-refractivity contribution in [3.8, 4) is 28.3 Å². The number of hydrogen-bond donors (Lipinski definition) is 3. The molecule has 0 atom stereocenters. The second-order valence-electron chi connectivity index (χ2n) is 6.16. The van der Waals surface area contributed by atoms with Crippen molar-refractivity contribution in [1.82, 2.24) is 19.9 Å². The largest absolute Gasteiger partial charge is 0.493 e. The number of hydrogen-bond acceptors (Lipinski definition) is 5. The van der Waals surface area contributed by atoms with E-state index in [0.717, 1.165) is 6.07 Å². The number of fused-ring (bicyclic) bond motifs is 1. The summed E-state index contributed by atoms with van der Waals surface area (Å²) in [4.78, 5) is 37.0. The van der Waals surface area contributed by atoms with Gasteiger partial charge in [0.2, 0.25) is 0 Å². The maximum Gasteiger partial charge on any atom is 0.338 e. The molecule has 0 aliphatic rings. The molecule has 0 unspecified atom stereocenters. The molecule has 0 aliphatic carbocycles. The molecule has 3 N–H and O–H groups in total. The molecule has 4 aromatic rings. The number of aromatic amines is 2. The Hall–Kier alpha value is -4.01. The van der Waals surface area contributed by atoms with Gasteiger partial charge in [-0.25, -0.2) is 19.2 Å². The molecule has 2 aromatic carbocycles. The molecule has 0 bridgehead atoms. The fraction of sp³-hybridized carbons (Fsp3) is 0.100. The van der Waals surface area contributed by atoms with Crippen LogP contribution in [0.2, 0.25) is 0 Å². The number of nitrogens with one attached hydrogen (secondary N) is 2. The summed E-state index contributed by atoms with van der Waals surface area (Å²) in [5.74, 6) is -1.42. The maximum atomic E-state index is 14.1. The fourth-order valence-electron chi connectivity index (χ4n) is 3.01. The van der Waals surface area contributed by atoms with E-state index in [1.807, 2.05) is 6.92 Å². The molecule has 4 rings (SSSR count). The number of carboxylic acids is 1. The number of carbonyl (C=O) groups is 1. The lowest BCUT2D eigenvalue weighted by atomic mass is 10.0. The Morgan fingerprint density at radius 1 is 1.21 bits per heavy atom. The summed E-state index contributed by atoms with van der Waals surface area (Å²) < 4.78 is 19.8. The molecule has 0 radical (unpaired) electrons. The van der Waals surface area contributed by atoms with E-state index in [-0.39, 0.29) is 11.1 Å². The molecule has 0 spiro atoms. The molecule has 0 fully saturated rings. The van der Waals surface area contributed by atoms with Crippen molar-refractivity contribution in [2.75, 3.05) is 6.61 Å². The van der Waals surface area contributed by atoms with E-state index in [4.69, 9.17) is 9.84 Å². The van der Waals surface area contributed by atoms with E-state index < -0.39 is 17.3 Å². The van der Waals surface area contributed by atoms with Crippen LogP contribution in [0.3, 0.4) is 0 Å². The average Bonchev–Trinajstić information content (AvgIpc) is 3.17. The van der Waals surface area contributed by atoms with E-state index in [1.54, 1.807) is 18.2 Å².